The minimum Gasteiger partial charge on any atom is -0.452 e. The van der Waals surface area contributed by atoms with E-state index in [-0.39, 0.29) is 18.6 Å². The van der Waals surface area contributed by atoms with Crippen LogP contribution in [0.1, 0.15) is 60.0 Å². The van der Waals surface area contributed by atoms with Crippen molar-refractivity contribution in [1.82, 2.24) is 10.5 Å². The van der Waals surface area contributed by atoms with Crippen LogP contribution in [-0.2, 0) is 15.3 Å². The molecule has 4 rings (SSSR count). The first kappa shape index (κ1) is 21.9. The van der Waals surface area contributed by atoms with Gasteiger partial charge in [-0.1, -0.05) is 23.7 Å². The number of aromatic nitrogens is 1. The molecule has 1 amide bonds. The minimum atomic E-state index is -0.482. The van der Waals surface area contributed by atoms with Gasteiger partial charge in [0.15, 0.2) is 6.61 Å². The Hall–Kier alpha value is -2.28. The van der Waals surface area contributed by atoms with Crippen LogP contribution in [0.3, 0.4) is 0 Å². The molecule has 1 heterocycles. The molecule has 0 saturated heterocycles. The van der Waals surface area contributed by atoms with Crippen molar-refractivity contribution in [3.05, 3.63) is 46.8 Å². The van der Waals surface area contributed by atoms with E-state index in [0.717, 1.165) is 33.7 Å². The van der Waals surface area contributed by atoms with Crippen LogP contribution in [0.15, 0.2) is 33.7 Å². The Kier molecular flexibility index (Phi) is 6.70. The van der Waals surface area contributed by atoms with E-state index < -0.39 is 5.97 Å². The molecule has 1 aromatic heterocycles. The lowest BCUT2D eigenvalue weighted by molar-refractivity contribution is -0.125. The third-order valence-corrected chi connectivity index (χ3v) is 7.92. The highest BCUT2D eigenvalue weighted by Gasteiger charge is 2.42. The van der Waals surface area contributed by atoms with E-state index >= 15 is 0 Å². The van der Waals surface area contributed by atoms with E-state index in [1.165, 1.54) is 37.4 Å². The summed E-state index contributed by atoms with van der Waals surface area (Å²) >= 11 is 1.53. The molecule has 2 bridgehead atoms. The molecular weight excluding hydrogens is 412 g/mol. The van der Waals surface area contributed by atoms with Gasteiger partial charge in [-0.2, -0.15) is 0 Å². The van der Waals surface area contributed by atoms with Crippen molar-refractivity contribution in [3.63, 3.8) is 0 Å². The van der Waals surface area contributed by atoms with Crippen molar-refractivity contribution in [2.24, 2.45) is 17.8 Å². The third kappa shape index (κ3) is 4.97. The van der Waals surface area contributed by atoms with E-state index in [1.54, 1.807) is 12.1 Å². The highest BCUT2D eigenvalue weighted by atomic mass is 32.2. The number of hydrogen-bond donors (Lipinski definition) is 1. The van der Waals surface area contributed by atoms with Crippen LogP contribution in [0.25, 0.3) is 0 Å². The first-order valence-electron chi connectivity index (χ1n) is 11.0. The second-order valence-corrected chi connectivity index (χ2v) is 9.88. The lowest BCUT2D eigenvalue weighted by atomic mass is 9.84. The van der Waals surface area contributed by atoms with E-state index in [9.17, 15) is 9.59 Å². The Labute approximate surface area is 187 Å². The number of thioether (sulfide) groups is 1. The SMILES string of the molecule is Cc1noc(C)c1CSc1ccccc1C(=O)OCC(=O)NC(C)C1CC2CCC1C2. The average molecular weight is 443 g/mol. The van der Waals surface area contributed by atoms with Gasteiger partial charge in [0.1, 0.15) is 5.76 Å². The minimum absolute atomic E-state index is 0.124. The summed E-state index contributed by atoms with van der Waals surface area (Å²) < 4.78 is 10.6. The van der Waals surface area contributed by atoms with Gasteiger partial charge in [-0.25, -0.2) is 4.79 Å². The van der Waals surface area contributed by atoms with Crippen LogP contribution in [0.4, 0.5) is 0 Å². The summed E-state index contributed by atoms with van der Waals surface area (Å²) in [5.74, 6) is 2.85. The molecule has 7 heteroatoms. The molecule has 166 valence electrons. The summed E-state index contributed by atoms with van der Waals surface area (Å²) in [6, 6.07) is 7.42. The molecule has 1 aromatic carbocycles. The lowest BCUT2D eigenvalue weighted by Gasteiger charge is -2.28. The summed E-state index contributed by atoms with van der Waals surface area (Å²) in [4.78, 5) is 25.9. The quantitative estimate of drug-likeness (QED) is 0.472. The van der Waals surface area contributed by atoms with Gasteiger partial charge < -0.3 is 14.6 Å². The fourth-order valence-electron chi connectivity index (χ4n) is 5.14. The summed E-state index contributed by atoms with van der Waals surface area (Å²) in [5.41, 5.74) is 2.35. The Morgan fingerprint density at radius 1 is 1.26 bits per heavy atom. The molecule has 4 unspecified atom stereocenters. The van der Waals surface area contributed by atoms with Crippen LogP contribution in [-0.4, -0.2) is 29.7 Å². The molecule has 1 N–H and O–H groups in total. The summed E-state index contributed by atoms with van der Waals surface area (Å²) in [6.45, 7) is 5.60. The number of hydrogen-bond acceptors (Lipinski definition) is 6. The van der Waals surface area contributed by atoms with Crippen molar-refractivity contribution >= 4 is 23.6 Å². The summed E-state index contributed by atoms with van der Waals surface area (Å²) in [6.07, 6.45) is 5.14. The topological polar surface area (TPSA) is 81.4 Å². The number of nitrogens with zero attached hydrogens (tertiary/aromatic N) is 1. The van der Waals surface area contributed by atoms with E-state index in [4.69, 9.17) is 9.26 Å². The number of ether oxygens (including phenoxy) is 1. The zero-order valence-corrected chi connectivity index (χ0v) is 19.2. The van der Waals surface area contributed by atoms with Crippen molar-refractivity contribution in [1.29, 1.82) is 0 Å². The number of rotatable bonds is 8. The number of aryl methyl sites for hydroxylation is 2. The monoisotopic (exact) mass is 442 g/mol. The number of amides is 1. The first-order valence-corrected chi connectivity index (χ1v) is 12.0. The van der Waals surface area contributed by atoms with Gasteiger partial charge in [-0.05, 0) is 69.9 Å². The zero-order valence-electron chi connectivity index (χ0n) is 18.3. The number of carbonyl (C=O) groups is 2. The van der Waals surface area contributed by atoms with E-state index in [1.807, 2.05) is 26.0 Å². The molecule has 2 aromatic rings. The number of esters is 1. The molecule has 0 aliphatic heterocycles. The molecule has 6 nitrogen and oxygen atoms in total. The highest BCUT2D eigenvalue weighted by molar-refractivity contribution is 7.98. The first-order chi connectivity index (χ1) is 14.9. The largest absolute Gasteiger partial charge is 0.452 e. The fourth-order valence-corrected chi connectivity index (χ4v) is 6.33. The maximum atomic E-state index is 12.7. The molecule has 4 atom stereocenters. The summed E-state index contributed by atoms with van der Waals surface area (Å²) in [5, 5.41) is 7.02. The van der Waals surface area contributed by atoms with Gasteiger partial charge in [0, 0.05) is 22.3 Å². The Bertz CT molecular complexity index is 937. The summed E-state index contributed by atoms with van der Waals surface area (Å²) in [7, 11) is 0. The molecule has 2 fully saturated rings. The fraction of sp³-hybridized carbons (Fsp3) is 0.542. The molecule has 2 saturated carbocycles. The Morgan fingerprint density at radius 2 is 2.06 bits per heavy atom. The second kappa shape index (κ2) is 9.47. The predicted octanol–water partition coefficient (Wildman–Crippen LogP) is 4.68. The van der Waals surface area contributed by atoms with Gasteiger partial charge in [0.2, 0.25) is 0 Å². The van der Waals surface area contributed by atoms with Crippen molar-refractivity contribution < 1.29 is 18.8 Å². The van der Waals surface area contributed by atoms with Crippen LogP contribution >= 0.6 is 11.8 Å². The Balaban J connectivity index is 1.30. The third-order valence-electron chi connectivity index (χ3n) is 6.82. The second-order valence-electron chi connectivity index (χ2n) is 8.86. The van der Waals surface area contributed by atoms with Crippen molar-refractivity contribution in [2.45, 2.75) is 63.1 Å². The molecule has 31 heavy (non-hydrogen) atoms. The molecule has 2 aliphatic rings. The van der Waals surface area contributed by atoms with Gasteiger partial charge in [-0.3, -0.25) is 4.79 Å². The highest BCUT2D eigenvalue weighted by Crippen LogP contribution is 2.49. The molecule has 0 radical (unpaired) electrons. The average Bonchev–Trinajstić information content (AvgIpc) is 3.47. The Morgan fingerprint density at radius 3 is 2.74 bits per heavy atom. The maximum Gasteiger partial charge on any atom is 0.339 e. The van der Waals surface area contributed by atoms with Crippen LogP contribution in [0.2, 0.25) is 0 Å². The maximum absolute atomic E-state index is 12.7. The standard InChI is InChI=1S/C24H30N2O4S/c1-14(20-11-17-8-9-18(20)10-17)25-23(27)12-29-24(28)19-6-4-5-7-22(19)31-13-21-15(2)26-30-16(21)3/h4-7,14,17-18,20H,8-13H2,1-3H3,(H,25,27). The molecule has 2 aliphatic carbocycles. The number of benzene rings is 1. The molecular formula is C24H30N2O4S. The predicted molar refractivity (Wildman–Crippen MR) is 119 cm³/mol. The van der Waals surface area contributed by atoms with Crippen molar-refractivity contribution in [2.75, 3.05) is 6.61 Å². The van der Waals surface area contributed by atoms with Gasteiger partial charge in [0.25, 0.3) is 5.91 Å². The smallest absolute Gasteiger partial charge is 0.339 e. The number of nitrogens with one attached hydrogen (secondary N) is 1. The van der Waals surface area contributed by atoms with Crippen LogP contribution in [0.5, 0.6) is 0 Å². The molecule has 0 spiro atoms. The van der Waals surface area contributed by atoms with E-state index in [0.29, 0.717) is 17.2 Å². The van der Waals surface area contributed by atoms with E-state index in [2.05, 4.69) is 17.4 Å². The van der Waals surface area contributed by atoms with Gasteiger partial charge >= 0.3 is 5.97 Å². The van der Waals surface area contributed by atoms with Crippen LogP contribution < -0.4 is 5.32 Å². The lowest BCUT2D eigenvalue weighted by Crippen LogP contribution is -2.42. The van der Waals surface area contributed by atoms with Gasteiger partial charge in [0.05, 0.1) is 11.3 Å². The van der Waals surface area contributed by atoms with Crippen molar-refractivity contribution in [3.8, 4) is 0 Å². The van der Waals surface area contributed by atoms with Gasteiger partial charge in [-0.15, -0.1) is 11.8 Å². The number of fused-ring (bicyclic) bond motifs is 2. The normalized spacial score (nSPS) is 23.0. The number of carbonyl (C=O) groups excluding carboxylic acids is 2. The van der Waals surface area contributed by atoms with Crippen LogP contribution in [0, 0.1) is 31.6 Å². The zero-order chi connectivity index (χ0) is 22.0.